The summed E-state index contributed by atoms with van der Waals surface area (Å²) in [6.07, 6.45) is 8.93. The molecule has 1 atom stereocenters. The second kappa shape index (κ2) is 6.71. The van der Waals surface area contributed by atoms with Crippen molar-refractivity contribution in [1.82, 2.24) is 9.80 Å². The number of piperidine rings is 1. The van der Waals surface area contributed by atoms with Crippen molar-refractivity contribution in [2.75, 3.05) is 33.7 Å². The third-order valence-corrected chi connectivity index (χ3v) is 4.97. The molecule has 1 saturated heterocycles. The summed E-state index contributed by atoms with van der Waals surface area (Å²) in [5.74, 6) is 0.734. The smallest absolute Gasteiger partial charge is 0.0192 e. The predicted molar refractivity (Wildman–Crippen MR) is 83.4 cm³/mol. The molecule has 0 amide bonds. The molecular formula is C17H30N2. The maximum absolute atomic E-state index is 4.10. The van der Waals surface area contributed by atoms with Gasteiger partial charge in [-0.25, -0.2) is 0 Å². The van der Waals surface area contributed by atoms with Crippen molar-refractivity contribution in [1.29, 1.82) is 0 Å². The van der Waals surface area contributed by atoms with Crippen LogP contribution >= 0.6 is 0 Å². The lowest BCUT2D eigenvalue weighted by Crippen LogP contribution is -2.42. The third-order valence-electron chi connectivity index (χ3n) is 4.97. The quantitative estimate of drug-likeness (QED) is 0.717. The summed E-state index contributed by atoms with van der Waals surface area (Å²) in [4.78, 5) is 5.03. The number of allylic oxidation sites excluding steroid dienone is 2. The Bertz CT molecular complexity index is 337. The van der Waals surface area contributed by atoms with Gasteiger partial charge in [0.05, 0.1) is 0 Å². The number of hydrogen-bond donors (Lipinski definition) is 0. The van der Waals surface area contributed by atoms with Crippen molar-refractivity contribution in [3.8, 4) is 0 Å². The van der Waals surface area contributed by atoms with Gasteiger partial charge in [-0.15, -0.1) is 0 Å². The summed E-state index contributed by atoms with van der Waals surface area (Å²) < 4.78 is 0. The second-order valence-electron chi connectivity index (χ2n) is 6.63. The van der Waals surface area contributed by atoms with Crippen LogP contribution in [0.1, 0.15) is 39.0 Å². The van der Waals surface area contributed by atoms with Gasteiger partial charge < -0.3 is 4.90 Å². The zero-order valence-electron chi connectivity index (χ0n) is 13.0. The van der Waals surface area contributed by atoms with E-state index in [1.165, 1.54) is 57.3 Å². The van der Waals surface area contributed by atoms with Gasteiger partial charge in [0, 0.05) is 12.6 Å². The molecule has 1 unspecified atom stereocenters. The number of likely N-dealkylation sites (tertiary alicyclic amines) is 1. The number of likely N-dealkylation sites (N-methyl/N-ethyl adjacent to an activating group) is 1. The van der Waals surface area contributed by atoms with Crippen molar-refractivity contribution in [3.05, 3.63) is 23.8 Å². The van der Waals surface area contributed by atoms with E-state index in [0.29, 0.717) is 0 Å². The SMILES string of the molecule is C=C(C)C1CC=C(CN(C)C2CCN(C)CC2)CC1. The van der Waals surface area contributed by atoms with Crippen LogP contribution in [0.15, 0.2) is 23.8 Å². The molecule has 1 heterocycles. The summed E-state index contributed by atoms with van der Waals surface area (Å²) >= 11 is 0. The molecule has 2 aliphatic rings. The highest BCUT2D eigenvalue weighted by Crippen LogP contribution is 2.29. The normalized spacial score (nSPS) is 26.5. The molecule has 2 rings (SSSR count). The van der Waals surface area contributed by atoms with Gasteiger partial charge >= 0.3 is 0 Å². The molecule has 0 N–H and O–H groups in total. The van der Waals surface area contributed by atoms with Crippen LogP contribution in [-0.4, -0.2) is 49.6 Å². The highest BCUT2D eigenvalue weighted by Gasteiger charge is 2.22. The Morgan fingerprint density at radius 2 is 2.05 bits per heavy atom. The van der Waals surface area contributed by atoms with Gasteiger partial charge in [-0.1, -0.05) is 23.8 Å². The minimum atomic E-state index is 0.734. The Morgan fingerprint density at radius 3 is 2.58 bits per heavy atom. The molecular weight excluding hydrogens is 232 g/mol. The molecule has 0 saturated carbocycles. The summed E-state index contributed by atoms with van der Waals surface area (Å²) in [6, 6.07) is 0.788. The van der Waals surface area contributed by atoms with Gasteiger partial charge in [-0.05, 0) is 72.1 Å². The Hall–Kier alpha value is -0.600. The highest BCUT2D eigenvalue weighted by molar-refractivity contribution is 5.13. The van der Waals surface area contributed by atoms with E-state index in [1.807, 2.05) is 0 Å². The van der Waals surface area contributed by atoms with Crippen LogP contribution in [0.5, 0.6) is 0 Å². The van der Waals surface area contributed by atoms with Crippen LogP contribution in [0.4, 0.5) is 0 Å². The van der Waals surface area contributed by atoms with Gasteiger partial charge in [-0.2, -0.15) is 0 Å². The van der Waals surface area contributed by atoms with E-state index in [4.69, 9.17) is 0 Å². The van der Waals surface area contributed by atoms with Crippen LogP contribution in [0.25, 0.3) is 0 Å². The molecule has 0 spiro atoms. The lowest BCUT2D eigenvalue weighted by Gasteiger charge is -2.36. The molecule has 19 heavy (non-hydrogen) atoms. The van der Waals surface area contributed by atoms with Crippen LogP contribution in [-0.2, 0) is 0 Å². The van der Waals surface area contributed by atoms with Crippen LogP contribution in [0, 0.1) is 5.92 Å². The first kappa shape index (κ1) is 14.8. The molecule has 2 nitrogen and oxygen atoms in total. The Balaban J connectivity index is 1.80. The maximum atomic E-state index is 4.10. The van der Waals surface area contributed by atoms with Gasteiger partial charge in [-0.3, -0.25) is 4.90 Å². The molecule has 2 heteroatoms. The van der Waals surface area contributed by atoms with E-state index in [-0.39, 0.29) is 0 Å². The van der Waals surface area contributed by atoms with Crippen molar-refractivity contribution in [2.45, 2.75) is 45.1 Å². The van der Waals surface area contributed by atoms with Gasteiger partial charge in [0.1, 0.15) is 0 Å². The van der Waals surface area contributed by atoms with Crippen molar-refractivity contribution >= 4 is 0 Å². The lowest BCUT2D eigenvalue weighted by atomic mass is 9.85. The number of hydrogen-bond acceptors (Lipinski definition) is 2. The zero-order chi connectivity index (χ0) is 13.8. The molecule has 1 fully saturated rings. The first-order valence-electron chi connectivity index (χ1n) is 7.78. The minimum absolute atomic E-state index is 0.734. The largest absolute Gasteiger partial charge is 0.306 e. The third kappa shape index (κ3) is 4.19. The summed E-state index contributed by atoms with van der Waals surface area (Å²) in [6.45, 7) is 9.97. The molecule has 108 valence electrons. The van der Waals surface area contributed by atoms with E-state index < -0.39 is 0 Å². The fourth-order valence-corrected chi connectivity index (χ4v) is 3.36. The molecule has 1 aliphatic carbocycles. The maximum Gasteiger partial charge on any atom is 0.0192 e. The zero-order valence-corrected chi connectivity index (χ0v) is 13.0. The predicted octanol–water partition coefficient (Wildman–Crippen LogP) is 3.32. The molecule has 0 bridgehead atoms. The minimum Gasteiger partial charge on any atom is -0.306 e. The highest BCUT2D eigenvalue weighted by atomic mass is 15.2. The summed E-state index contributed by atoms with van der Waals surface area (Å²) in [5, 5.41) is 0. The van der Waals surface area contributed by atoms with E-state index in [9.17, 15) is 0 Å². The molecule has 0 aromatic carbocycles. The Kier molecular flexibility index (Phi) is 5.23. The summed E-state index contributed by atoms with van der Waals surface area (Å²) in [5.41, 5.74) is 3.01. The average Bonchev–Trinajstić information content (AvgIpc) is 2.40. The Labute approximate surface area is 119 Å². The lowest BCUT2D eigenvalue weighted by molar-refractivity contribution is 0.151. The van der Waals surface area contributed by atoms with Crippen molar-refractivity contribution < 1.29 is 0 Å². The van der Waals surface area contributed by atoms with Gasteiger partial charge in [0.25, 0.3) is 0 Å². The monoisotopic (exact) mass is 262 g/mol. The second-order valence-corrected chi connectivity index (χ2v) is 6.63. The van der Waals surface area contributed by atoms with Gasteiger partial charge in [0.2, 0.25) is 0 Å². The van der Waals surface area contributed by atoms with Crippen LogP contribution in [0.3, 0.4) is 0 Å². The Morgan fingerprint density at radius 1 is 1.37 bits per heavy atom. The fraction of sp³-hybridized carbons (Fsp3) is 0.765. The van der Waals surface area contributed by atoms with Crippen molar-refractivity contribution in [2.24, 2.45) is 5.92 Å². The molecule has 0 radical (unpaired) electrons. The fourth-order valence-electron chi connectivity index (χ4n) is 3.36. The van der Waals surface area contributed by atoms with E-state index in [2.05, 4.69) is 43.5 Å². The van der Waals surface area contributed by atoms with Crippen LogP contribution < -0.4 is 0 Å². The molecule has 1 aliphatic heterocycles. The average molecular weight is 262 g/mol. The number of nitrogens with zero attached hydrogens (tertiary/aromatic N) is 2. The molecule has 0 aromatic rings. The first-order valence-corrected chi connectivity index (χ1v) is 7.78. The van der Waals surface area contributed by atoms with E-state index in [1.54, 1.807) is 5.57 Å². The first-order chi connectivity index (χ1) is 9.06. The number of rotatable bonds is 4. The van der Waals surface area contributed by atoms with Gasteiger partial charge in [0.15, 0.2) is 0 Å². The summed E-state index contributed by atoms with van der Waals surface area (Å²) in [7, 11) is 4.54. The van der Waals surface area contributed by atoms with Crippen molar-refractivity contribution in [3.63, 3.8) is 0 Å². The molecule has 0 aromatic heterocycles. The standard InChI is InChI=1S/C17H30N2/c1-14(2)16-7-5-15(6-8-16)13-19(4)17-9-11-18(3)12-10-17/h5,16-17H,1,6-13H2,2-4H3. The topological polar surface area (TPSA) is 6.48 Å². The van der Waals surface area contributed by atoms with Crippen LogP contribution in [0.2, 0.25) is 0 Å². The van der Waals surface area contributed by atoms with E-state index >= 15 is 0 Å². The van der Waals surface area contributed by atoms with E-state index in [0.717, 1.165) is 12.0 Å².